The SMILES string of the molecule is C[C@]1(O)C[C@@H](C(=O)N2CCC(Cc3ccc4ccnn4c3)CC2)C1. The zero-order valence-corrected chi connectivity index (χ0v) is 14.2. The smallest absolute Gasteiger partial charge is 0.225 e. The summed E-state index contributed by atoms with van der Waals surface area (Å²) in [4.78, 5) is 14.5. The largest absolute Gasteiger partial charge is 0.390 e. The van der Waals surface area contributed by atoms with E-state index in [1.807, 2.05) is 28.6 Å². The molecule has 1 N–H and O–H groups in total. The van der Waals surface area contributed by atoms with Gasteiger partial charge in [0.05, 0.1) is 11.1 Å². The molecule has 2 aliphatic rings. The highest BCUT2D eigenvalue weighted by molar-refractivity contribution is 5.80. The van der Waals surface area contributed by atoms with Gasteiger partial charge in [0, 0.05) is 31.4 Å². The molecule has 0 unspecified atom stereocenters. The minimum Gasteiger partial charge on any atom is -0.390 e. The molecule has 24 heavy (non-hydrogen) atoms. The molecule has 0 radical (unpaired) electrons. The lowest BCUT2D eigenvalue weighted by molar-refractivity contribution is -0.151. The number of likely N-dealkylation sites (tertiary alicyclic amines) is 1. The highest BCUT2D eigenvalue weighted by Gasteiger charge is 2.44. The van der Waals surface area contributed by atoms with Crippen LogP contribution in [0, 0.1) is 11.8 Å². The van der Waals surface area contributed by atoms with E-state index in [0.717, 1.165) is 37.9 Å². The van der Waals surface area contributed by atoms with E-state index in [1.165, 1.54) is 5.56 Å². The first-order valence-electron chi connectivity index (χ1n) is 8.94. The molecule has 0 bridgehead atoms. The Labute approximate surface area is 142 Å². The fourth-order valence-corrected chi connectivity index (χ4v) is 4.20. The van der Waals surface area contributed by atoms with Crippen LogP contribution in [0.5, 0.6) is 0 Å². The van der Waals surface area contributed by atoms with Gasteiger partial charge in [0.2, 0.25) is 5.91 Å². The molecular weight excluding hydrogens is 302 g/mol. The van der Waals surface area contributed by atoms with Crippen LogP contribution in [0.25, 0.3) is 5.52 Å². The number of aromatic nitrogens is 2. The number of rotatable bonds is 3. The van der Waals surface area contributed by atoms with E-state index >= 15 is 0 Å². The molecule has 0 aromatic carbocycles. The van der Waals surface area contributed by atoms with E-state index in [1.54, 1.807) is 0 Å². The van der Waals surface area contributed by atoms with Crippen LogP contribution in [-0.4, -0.2) is 44.2 Å². The quantitative estimate of drug-likeness (QED) is 0.941. The fraction of sp³-hybridized carbons (Fsp3) is 0.579. The molecule has 1 aliphatic carbocycles. The Morgan fingerprint density at radius 1 is 1.29 bits per heavy atom. The van der Waals surface area contributed by atoms with Crippen molar-refractivity contribution >= 4 is 11.4 Å². The predicted octanol–water partition coefficient (Wildman–Crippen LogP) is 2.28. The van der Waals surface area contributed by atoms with Gasteiger partial charge in [-0.25, -0.2) is 4.52 Å². The summed E-state index contributed by atoms with van der Waals surface area (Å²) < 4.78 is 1.93. The highest BCUT2D eigenvalue weighted by atomic mass is 16.3. The van der Waals surface area contributed by atoms with Crippen LogP contribution in [0.15, 0.2) is 30.6 Å². The summed E-state index contributed by atoms with van der Waals surface area (Å²) in [7, 11) is 0. The monoisotopic (exact) mass is 327 g/mol. The van der Waals surface area contributed by atoms with Gasteiger partial charge in [-0.3, -0.25) is 4.79 Å². The van der Waals surface area contributed by atoms with Crippen LogP contribution in [-0.2, 0) is 11.2 Å². The van der Waals surface area contributed by atoms with Crippen molar-refractivity contribution in [3.05, 3.63) is 36.2 Å². The number of aliphatic hydroxyl groups is 1. The van der Waals surface area contributed by atoms with Crippen molar-refractivity contribution in [1.29, 1.82) is 0 Å². The third kappa shape index (κ3) is 3.05. The molecule has 3 heterocycles. The van der Waals surface area contributed by atoms with Gasteiger partial charge in [0.1, 0.15) is 0 Å². The lowest BCUT2D eigenvalue weighted by atomic mass is 9.71. The summed E-state index contributed by atoms with van der Waals surface area (Å²) >= 11 is 0. The van der Waals surface area contributed by atoms with Crippen molar-refractivity contribution in [1.82, 2.24) is 14.5 Å². The molecular formula is C19H25N3O2. The molecule has 5 heteroatoms. The van der Waals surface area contributed by atoms with Gasteiger partial charge in [0.25, 0.3) is 0 Å². The molecule has 5 nitrogen and oxygen atoms in total. The molecule has 1 saturated carbocycles. The average Bonchev–Trinajstić information content (AvgIpc) is 3.00. The Morgan fingerprint density at radius 3 is 2.75 bits per heavy atom. The number of fused-ring (bicyclic) bond motifs is 1. The number of hydrogen-bond donors (Lipinski definition) is 1. The van der Waals surface area contributed by atoms with E-state index in [-0.39, 0.29) is 11.8 Å². The maximum absolute atomic E-state index is 12.5. The van der Waals surface area contributed by atoms with Crippen LogP contribution in [0.1, 0.15) is 38.2 Å². The molecule has 4 rings (SSSR count). The summed E-state index contributed by atoms with van der Waals surface area (Å²) in [6.45, 7) is 3.53. The van der Waals surface area contributed by atoms with Crippen LogP contribution >= 0.6 is 0 Å². The van der Waals surface area contributed by atoms with Gasteiger partial charge in [-0.05, 0) is 62.6 Å². The van der Waals surface area contributed by atoms with Crippen molar-refractivity contribution in [3.63, 3.8) is 0 Å². The number of carbonyl (C=O) groups is 1. The van der Waals surface area contributed by atoms with Gasteiger partial charge >= 0.3 is 0 Å². The second-order valence-electron chi connectivity index (χ2n) is 7.81. The summed E-state index contributed by atoms with van der Waals surface area (Å²) in [5.74, 6) is 0.920. The standard InChI is InChI=1S/C19H25N3O2/c1-19(24)11-16(12-19)18(23)21-8-5-14(6-9-21)10-15-2-3-17-4-7-20-22(17)13-15/h2-4,7,13-14,16,24H,5-6,8-12H2,1H3/t16-,19+. The molecule has 1 aliphatic heterocycles. The summed E-state index contributed by atoms with van der Waals surface area (Å²) in [5, 5.41) is 14.1. The van der Waals surface area contributed by atoms with Crippen LogP contribution in [0.4, 0.5) is 0 Å². The topological polar surface area (TPSA) is 57.8 Å². The van der Waals surface area contributed by atoms with Gasteiger partial charge in [0.15, 0.2) is 0 Å². The maximum atomic E-state index is 12.5. The van der Waals surface area contributed by atoms with E-state index in [4.69, 9.17) is 0 Å². The average molecular weight is 327 g/mol. The van der Waals surface area contributed by atoms with Crippen molar-refractivity contribution in [2.75, 3.05) is 13.1 Å². The predicted molar refractivity (Wildman–Crippen MR) is 91.5 cm³/mol. The molecule has 128 valence electrons. The van der Waals surface area contributed by atoms with Crippen LogP contribution in [0.3, 0.4) is 0 Å². The number of carbonyl (C=O) groups excluding carboxylic acids is 1. The normalized spacial score (nSPS) is 28.1. The van der Waals surface area contributed by atoms with Gasteiger partial charge in [-0.15, -0.1) is 0 Å². The Hall–Kier alpha value is -1.88. The van der Waals surface area contributed by atoms with Crippen LogP contribution in [0.2, 0.25) is 0 Å². The Balaban J connectivity index is 1.30. The summed E-state index contributed by atoms with van der Waals surface area (Å²) in [5.41, 5.74) is 1.81. The Kier molecular flexibility index (Phi) is 3.83. The second kappa shape index (κ2) is 5.88. The summed E-state index contributed by atoms with van der Waals surface area (Å²) in [6.07, 6.45) is 8.35. The van der Waals surface area contributed by atoms with Crippen molar-refractivity contribution in [2.45, 2.75) is 44.6 Å². The van der Waals surface area contributed by atoms with E-state index < -0.39 is 5.60 Å². The van der Waals surface area contributed by atoms with Crippen LogP contribution < -0.4 is 0 Å². The minimum atomic E-state index is -0.621. The molecule has 0 spiro atoms. The fourth-order valence-electron chi connectivity index (χ4n) is 4.20. The molecule has 2 aromatic heterocycles. The van der Waals surface area contributed by atoms with Gasteiger partial charge < -0.3 is 10.0 Å². The lowest BCUT2D eigenvalue weighted by Crippen LogP contribution is -2.51. The number of hydrogen-bond acceptors (Lipinski definition) is 3. The number of pyridine rings is 1. The molecule has 1 amide bonds. The molecule has 0 atom stereocenters. The second-order valence-corrected chi connectivity index (χ2v) is 7.81. The number of piperidine rings is 1. The zero-order valence-electron chi connectivity index (χ0n) is 14.2. The highest BCUT2D eigenvalue weighted by Crippen LogP contribution is 2.39. The van der Waals surface area contributed by atoms with E-state index in [2.05, 4.69) is 23.4 Å². The van der Waals surface area contributed by atoms with Crippen molar-refractivity contribution in [3.8, 4) is 0 Å². The number of amides is 1. The van der Waals surface area contributed by atoms with E-state index in [9.17, 15) is 9.90 Å². The minimum absolute atomic E-state index is 0.0405. The van der Waals surface area contributed by atoms with E-state index in [0.29, 0.717) is 18.8 Å². The first-order valence-corrected chi connectivity index (χ1v) is 8.94. The number of nitrogens with zero attached hydrogens (tertiary/aromatic N) is 3. The van der Waals surface area contributed by atoms with Gasteiger partial charge in [-0.1, -0.05) is 6.07 Å². The first kappa shape index (κ1) is 15.6. The van der Waals surface area contributed by atoms with Crippen molar-refractivity contribution < 1.29 is 9.90 Å². The Morgan fingerprint density at radius 2 is 2.04 bits per heavy atom. The molecule has 2 aromatic rings. The van der Waals surface area contributed by atoms with Gasteiger partial charge in [-0.2, -0.15) is 5.10 Å². The third-order valence-corrected chi connectivity index (χ3v) is 5.63. The molecule has 1 saturated heterocycles. The zero-order chi connectivity index (χ0) is 16.7. The first-order chi connectivity index (χ1) is 11.5. The third-order valence-electron chi connectivity index (χ3n) is 5.63. The lowest BCUT2D eigenvalue weighted by Gasteiger charge is -2.43. The Bertz CT molecular complexity index is 736. The molecule has 2 fully saturated rings. The summed E-state index contributed by atoms with van der Waals surface area (Å²) in [6, 6.07) is 6.31. The maximum Gasteiger partial charge on any atom is 0.225 e. The van der Waals surface area contributed by atoms with Crippen molar-refractivity contribution in [2.24, 2.45) is 11.8 Å².